The molecule has 0 N–H and O–H groups in total. The van der Waals surface area contributed by atoms with E-state index in [9.17, 15) is 9.59 Å². The fourth-order valence-corrected chi connectivity index (χ4v) is 2.76. The third-order valence-corrected chi connectivity index (χ3v) is 4.21. The Bertz CT molecular complexity index is 725. The fraction of sp³-hybridized carbons (Fsp3) is 0.333. The van der Waals surface area contributed by atoms with Crippen LogP contribution in [0, 0.1) is 0 Å². The number of amides is 2. The molecule has 0 aliphatic carbocycles. The van der Waals surface area contributed by atoms with E-state index in [1.807, 2.05) is 19.1 Å². The zero-order valence-electron chi connectivity index (χ0n) is 13.7. The van der Waals surface area contributed by atoms with Gasteiger partial charge in [-0.2, -0.15) is 0 Å². The molecule has 0 aromatic carbocycles. The maximum atomic E-state index is 12.6. The number of hydrogen-bond acceptors (Lipinski definition) is 4. The van der Waals surface area contributed by atoms with Crippen LogP contribution in [0.3, 0.4) is 0 Å². The van der Waals surface area contributed by atoms with Gasteiger partial charge in [-0.1, -0.05) is 6.92 Å². The molecule has 1 fully saturated rings. The summed E-state index contributed by atoms with van der Waals surface area (Å²) < 4.78 is 0. The summed E-state index contributed by atoms with van der Waals surface area (Å²) >= 11 is 0. The molecule has 6 nitrogen and oxygen atoms in total. The number of piperazine rings is 1. The van der Waals surface area contributed by atoms with E-state index < -0.39 is 0 Å². The third kappa shape index (κ3) is 3.42. The molecule has 3 heterocycles. The van der Waals surface area contributed by atoms with E-state index in [1.165, 1.54) is 0 Å². The second kappa shape index (κ2) is 7.21. The summed E-state index contributed by atoms with van der Waals surface area (Å²) in [5.41, 5.74) is 2.15. The SMILES string of the molecule is CCc1ccnc(C(=O)N2CCN(C(=O)c3cccnc3)CC2)c1. The summed E-state index contributed by atoms with van der Waals surface area (Å²) in [5.74, 6) is -0.111. The lowest BCUT2D eigenvalue weighted by molar-refractivity contribution is 0.0532. The van der Waals surface area contributed by atoms with Crippen molar-refractivity contribution in [1.29, 1.82) is 0 Å². The molecule has 0 saturated carbocycles. The molecule has 1 aliphatic heterocycles. The van der Waals surface area contributed by atoms with Gasteiger partial charge in [-0.05, 0) is 36.2 Å². The fourth-order valence-electron chi connectivity index (χ4n) is 2.76. The highest BCUT2D eigenvalue weighted by Gasteiger charge is 2.26. The first kappa shape index (κ1) is 16.1. The highest BCUT2D eigenvalue weighted by Crippen LogP contribution is 2.11. The van der Waals surface area contributed by atoms with Crippen molar-refractivity contribution in [2.45, 2.75) is 13.3 Å². The van der Waals surface area contributed by atoms with Gasteiger partial charge in [0.1, 0.15) is 5.69 Å². The van der Waals surface area contributed by atoms with Gasteiger partial charge in [0.2, 0.25) is 0 Å². The second-order valence-electron chi connectivity index (χ2n) is 5.73. The summed E-state index contributed by atoms with van der Waals surface area (Å²) in [6.07, 6.45) is 5.76. The Morgan fingerprint density at radius 3 is 2.38 bits per heavy atom. The molecule has 0 spiro atoms. The zero-order valence-corrected chi connectivity index (χ0v) is 13.7. The number of hydrogen-bond donors (Lipinski definition) is 0. The van der Waals surface area contributed by atoms with Gasteiger partial charge in [0.05, 0.1) is 5.56 Å². The first-order valence-electron chi connectivity index (χ1n) is 8.12. The quantitative estimate of drug-likeness (QED) is 0.861. The van der Waals surface area contributed by atoms with Crippen LogP contribution in [-0.4, -0.2) is 57.8 Å². The number of aryl methyl sites for hydroxylation is 1. The highest BCUT2D eigenvalue weighted by atomic mass is 16.2. The molecular formula is C18H20N4O2. The van der Waals surface area contributed by atoms with Gasteiger partial charge in [0.25, 0.3) is 11.8 Å². The Kier molecular flexibility index (Phi) is 4.84. The maximum Gasteiger partial charge on any atom is 0.272 e. The average molecular weight is 324 g/mol. The molecule has 3 rings (SSSR count). The van der Waals surface area contributed by atoms with Gasteiger partial charge in [-0.15, -0.1) is 0 Å². The molecule has 2 aromatic heterocycles. The minimum atomic E-state index is -0.0706. The van der Waals surface area contributed by atoms with Gasteiger partial charge in [-0.3, -0.25) is 19.6 Å². The van der Waals surface area contributed by atoms with Crippen LogP contribution >= 0.6 is 0 Å². The predicted molar refractivity (Wildman–Crippen MR) is 89.7 cm³/mol. The Morgan fingerprint density at radius 1 is 1.04 bits per heavy atom. The van der Waals surface area contributed by atoms with Crippen molar-refractivity contribution in [3.63, 3.8) is 0 Å². The molecule has 0 atom stereocenters. The lowest BCUT2D eigenvalue weighted by Gasteiger charge is -2.34. The first-order valence-corrected chi connectivity index (χ1v) is 8.12. The summed E-state index contributed by atoms with van der Waals surface area (Å²) in [7, 11) is 0. The molecule has 0 unspecified atom stereocenters. The molecule has 0 bridgehead atoms. The van der Waals surface area contributed by atoms with Gasteiger partial charge in [-0.25, -0.2) is 0 Å². The summed E-state index contributed by atoms with van der Waals surface area (Å²) in [6.45, 7) is 4.12. The topological polar surface area (TPSA) is 66.4 Å². The molecule has 2 amide bonds. The van der Waals surface area contributed by atoms with Crippen molar-refractivity contribution in [3.05, 3.63) is 59.7 Å². The third-order valence-electron chi connectivity index (χ3n) is 4.21. The minimum Gasteiger partial charge on any atom is -0.335 e. The molecule has 2 aromatic rings. The van der Waals surface area contributed by atoms with Crippen molar-refractivity contribution < 1.29 is 9.59 Å². The van der Waals surface area contributed by atoms with Crippen LogP contribution in [0.4, 0.5) is 0 Å². The van der Waals surface area contributed by atoms with Gasteiger partial charge in [0, 0.05) is 44.8 Å². The Hall–Kier alpha value is -2.76. The van der Waals surface area contributed by atoms with Crippen LogP contribution in [0.1, 0.15) is 33.3 Å². The van der Waals surface area contributed by atoms with Crippen molar-refractivity contribution in [2.24, 2.45) is 0 Å². The summed E-state index contributed by atoms with van der Waals surface area (Å²) in [4.78, 5) is 36.6. The van der Waals surface area contributed by atoms with E-state index >= 15 is 0 Å². The second-order valence-corrected chi connectivity index (χ2v) is 5.73. The number of nitrogens with zero attached hydrogens (tertiary/aromatic N) is 4. The predicted octanol–water partition coefficient (Wildman–Crippen LogP) is 1.64. The lowest BCUT2D eigenvalue weighted by atomic mass is 10.1. The van der Waals surface area contributed by atoms with E-state index in [0.29, 0.717) is 37.4 Å². The maximum absolute atomic E-state index is 12.6. The van der Waals surface area contributed by atoms with Gasteiger partial charge in [0.15, 0.2) is 0 Å². The minimum absolute atomic E-state index is 0.0405. The van der Waals surface area contributed by atoms with Crippen molar-refractivity contribution >= 4 is 11.8 Å². The average Bonchev–Trinajstić information content (AvgIpc) is 2.67. The lowest BCUT2D eigenvalue weighted by Crippen LogP contribution is -2.50. The molecule has 1 aliphatic rings. The number of carbonyl (C=O) groups is 2. The van der Waals surface area contributed by atoms with Gasteiger partial charge >= 0.3 is 0 Å². The normalized spacial score (nSPS) is 14.5. The van der Waals surface area contributed by atoms with Crippen molar-refractivity contribution in [2.75, 3.05) is 26.2 Å². The van der Waals surface area contributed by atoms with Crippen molar-refractivity contribution in [3.8, 4) is 0 Å². The monoisotopic (exact) mass is 324 g/mol. The smallest absolute Gasteiger partial charge is 0.272 e. The van der Waals surface area contributed by atoms with E-state index in [1.54, 1.807) is 40.5 Å². The van der Waals surface area contributed by atoms with Crippen LogP contribution in [0.15, 0.2) is 42.9 Å². The largest absolute Gasteiger partial charge is 0.335 e. The molecule has 6 heteroatoms. The Morgan fingerprint density at radius 2 is 1.75 bits per heavy atom. The number of rotatable bonds is 3. The van der Waals surface area contributed by atoms with E-state index in [2.05, 4.69) is 9.97 Å². The van der Waals surface area contributed by atoms with Crippen molar-refractivity contribution in [1.82, 2.24) is 19.8 Å². The van der Waals surface area contributed by atoms with Crippen LogP contribution in [0.2, 0.25) is 0 Å². The zero-order chi connectivity index (χ0) is 16.9. The highest BCUT2D eigenvalue weighted by molar-refractivity contribution is 5.95. The van der Waals surface area contributed by atoms with Crippen LogP contribution in [-0.2, 0) is 6.42 Å². The Balaban J connectivity index is 1.62. The number of aromatic nitrogens is 2. The van der Waals surface area contributed by atoms with E-state index in [4.69, 9.17) is 0 Å². The van der Waals surface area contributed by atoms with Crippen LogP contribution < -0.4 is 0 Å². The van der Waals surface area contributed by atoms with E-state index in [-0.39, 0.29) is 11.8 Å². The van der Waals surface area contributed by atoms with Gasteiger partial charge < -0.3 is 9.80 Å². The van der Waals surface area contributed by atoms with Crippen LogP contribution in [0.5, 0.6) is 0 Å². The molecule has 0 radical (unpaired) electrons. The number of carbonyl (C=O) groups excluding carboxylic acids is 2. The summed E-state index contributed by atoms with van der Waals surface area (Å²) in [6, 6.07) is 7.27. The first-order chi connectivity index (χ1) is 11.7. The molecule has 1 saturated heterocycles. The standard InChI is InChI=1S/C18H20N4O2/c1-2-14-5-7-20-16(12-14)18(24)22-10-8-21(9-11-22)17(23)15-4-3-6-19-13-15/h3-7,12-13H,2,8-11H2,1H3. The Labute approximate surface area is 141 Å². The van der Waals surface area contributed by atoms with E-state index in [0.717, 1.165) is 12.0 Å². The van der Waals surface area contributed by atoms with Crippen LogP contribution in [0.25, 0.3) is 0 Å². The molecular weight excluding hydrogens is 304 g/mol. The summed E-state index contributed by atoms with van der Waals surface area (Å²) in [5, 5.41) is 0. The molecule has 24 heavy (non-hydrogen) atoms. The molecule has 124 valence electrons. The number of pyridine rings is 2.